The Morgan fingerprint density at radius 3 is 2.56 bits per heavy atom. The fraction of sp³-hybridized carbons (Fsp3) is 0.154. The van der Waals surface area contributed by atoms with Crippen LogP contribution in [-0.4, -0.2) is 9.38 Å². The van der Waals surface area contributed by atoms with Crippen molar-refractivity contribution < 1.29 is 0 Å². The summed E-state index contributed by atoms with van der Waals surface area (Å²) in [5, 5.41) is 2.05. The second kappa shape index (κ2) is 3.46. The Morgan fingerprint density at radius 1 is 1.12 bits per heavy atom. The van der Waals surface area contributed by atoms with Gasteiger partial charge in [0.15, 0.2) is 4.96 Å². The third-order valence-corrected chi connectivity index (χ3v) is 3.38. The molecule has 0 amide bonds. The predicted molar refractivity (Wildman–Crippen MR) is 68.0 cm³/mol. The first kappa shape index (κ1) is 9.60. The maximum absolute atomic E-state index is 4.61. The second-order valence-electron chi connectivity index (χ2n) is 4.10. The predicted octanol–water partition coefficient (Wildman–Crippen LogP) is 3.68. The Bertz CT molecular complexity index is 600. The van der Waals surface area contributed by atoms with E-state index in [4.69, 9.17) is 0 Å². The van der Waals surface area contributed by atoms with Crippen molar-refractivity contribution in [3.63, 3.8) is 0 Å². The number of imidazole rings is 1. The number of rotatable bonds is 1. The van der Waals surface area contributed by atoms with Gasteiger partial charge < -0.3 is 0 Å². The van der Waals surface area contributed by atoms with Gasteiger partial charge in [-0.1, -0.05) is 17.2 Å². The highest BCUT2D eigenvalue weighted by Gasteiger charge is 2.05. The van der Waals surface area contributed by atoms with Gasteiger partial charge in [0, 0.05) is 23.3 Å². The first-order valence-corrected chi connectivity index (χ1v) is 6.11. The van der Waals surface area contributed by atoms with E-state index in [0.717, 1.165) is 10.7 Å². The lowest BCUT2D eigenvalue weighted by molar-refractivity contribution is 1.23. The Kier molecular flexibility index (Phi) is 2.07. The van der Waals surface area contributed by atoms with Gasteiger partial charge in [0.2, 0.25) is 0 Å². The number of fused-ring (bicyclic) bond motifs is 1. The quantitative estimate of drug-likeness (QED) is 0.621. The van der Waals surface area contributed by atoms with Crippen molar-refractivity contribution in [1.82, 2.24) is 9.38 Å². The maximum Gasteiger partial charge on any atom is 0.194 e. The van der Waals surface area contributed by atoms with E-state index in [1.807, 2.05) is 11.6 Å². The van der Waals surface area contributed by atoms with Gasteiger partial charge in [-0.15, -0.1) is 11.3 Å². The average Bonchev–Trinajstić information content (AvgIpc) is 2.74. The van der Waals surface area contributed by atoms with Crippen LogP contribution in [0.25, 0.3) is 16.2 Å². The third kappa shape index (κ3) is 1.53. The monoisotopic (exact) mass is 228 g/mol. The van der Waals surface area contributed by atoms with Crippen molar-refractivity contribution in [3.8, 4) is 11.3 Å². The molecule has 0 atom stereocenters. The van der Waals surface area contributed by atoms with Gasteiger partial charge in [-0.2, -0.15) is 0 Å². The van der Waals surface area contributed by atoms with E-state index >= 15 is 0 Å². The van der Waals surface area contributed by atoms with Gasteiger partial charge in [-0.05, 0) is 26.0 Å². The summed E-state index contributed by atoms with van der Waals surface area (Å²) >= 11 is 1.66. The highest BCUT2D eigenvalue weighted by molar-refractivity contribution is 7.15. The van der Waals surface area contributed by atoms with Crippen molar-refractivity contribution in [2.75, 3.05) is 0 Å². The molecule has 1 aromatic carbocycles. The number of aromatic nitrogens is 2. The van der Waals surface area contributed by atoms with E-state index in [1.165, 1.54) is 16.7 Å². The van der Waals surface area contributed by atoms with E-state index in [1.54, 1.807) is 11.3 Å². The lowest BCUT2D eigenvalue weighted by Gasteiger charge is -2.01. The fourth-order valence-corrected chi connectivity index (χ4v) is 2.69. The first-order chi connectivity index (χ1) is 7.72. The normalized spacial score (nSPS) is 11.1. The molecule has 0 aliphatic carbocycles. The van der Waals surface area contributed by atoms with Crippen molar-refractivity contribution in [2.24, 2.45) is 0 Å². The SMILES string of the molecule is Cc1cc(C)cc(-c2cn3ccsc3n2)c1. The number of hydrogen-bond donors (Lipinski definition) is 0. The summed E-state index contributed by atoms with van der Waals surface area (Å²) in [6.07, 6.45) is 4.12. The smallest absolute Gasteiger partial charge is 0.194 e. The molecule has 3 aromatic rings. The molecule has 0 N–H and O–H groups in total. The second-order valence-corrected chi connectivity index (χ2v) is 4.97. The third-order valence-electron chi connectivity index (χ3n) is 2.61. The van der Waals surface area contributed by atoms with Crippen LogP contribution in [0.2, 0.25) is 0 Å². The van der Waals surface area contributed by atoms with E-state index in [-0.39, 0.29) is 0 Å². The molecule has 0 unspecified atom stereocenters. The molecule has 3 rings (SSSR count). The zero-order chi connectivity index (χ0) is 11.1. The Balaban J connectivity index is 2.18. The molecule has 0 spiro atoms. The Labute approximate surface area is 98.2 Å². The van der Waals surface area contributed by atoms with Gasteiger partial charge >= 0.3 is 0 Å². The van der Waals surface area contributed by atoms with Gasteiger partial charge in [0.1, 0.15) is 0 Å². The molecule has 2 heterocycles. The minimum Gasteiger partial charge on any atom is -0.297 e. The topological polar surface area (TPSA) is 17.3 Å². The summed E-state index contributed by atoms with van der Waals surface area (Å²) in [7, 11) is 0. The molecule has 3 heteroatoms. The molecule has 2 aromatic heterocycles. The van der Waals surface area contributed by atoms with Crippen molar-refractivity contribution in [1.29, 1.82) is 0 Å². The summed E-state index contributed by atoms with van der Waals surface area (Å²) in [5.74, 6) is 0. The van der Waals surface area contributed by atoms with Crippen molar-refractivity contribution in [2.45, 2.75) is 13.8 Å². The summed E-state index contributed by atoms with van der Waals surface area (Å²) in [5.41, 5.74) is 4.82. The minimum atomic E-state index is 1.05. The van der Waals surface area contributed by atoms with Crippen LogP contribution in [0.4, 0.5) is 0 Å². The van der Waals surface area contributed by atoms with E-state index in [0.29, 0.717) is 0 Å². The molecular weight excluding hydrogens is 216 g/mol. The molecule has 0 aliphatic rings. The number of aryl methyl sites for hydroxylation is 2. The molecule has 0 saturated carbocycles. The maximum atomic E-state index is 4.61. The minimum absolute atomic E-state index is 1.05. The van der Waals surface area contributed by atoms with Crippen molar-refractivity contribution >= 4 is 16.3 Å². The molecule has 0 saturated heterocycles. The van der Waals surface area contributed by atoms with Gasteiger partial charge in [0.05, 0.1) is 5.69 Å². The molecule has 16 heavy (non-hydrogen) atoms. The van der Waals surface area contributed by atoms with Crippen LogP contribution in [0, 0.1) is 13.8 Å². The van der Waals surface area contributed by atoms with Gasteiger partial charge in [0.25, 0.3) is 0 Å². The van der Waals surface area contributed by atoms with E-state index in [2.05, 4.69) is 47.6 Å². The largest absolute Gasteiger partial charge is 0.297 e. The average molecular weight is 228 g/mol. The summed E-state index contributed by atoms with van der Waals surface area (Å²) in [6, 6.07) is 6.54. The van der Waals surface area contributed by atoms with Crippen LogP contribution in [0.5, 0.6) is 0 Å². The van der Waals surface area contributed by atoms with Crippen LogP contribution < -0.4 is 0 Å². The molecule has 0 fully saturated rings. The van der Waals surface area contributed by atoms with Crippen LogP contribution in [0.15, 0.2) is 36.0 Å². The first-order valence-electron chi connectivity index (χ1n) is 5.23. The molecule has 0 radical (unpaired) electrons. The highest BCUT2D eigenvalue weighted by Crippen LogP contribution is 2.23. The fourth-order valence-electron chi connectivity index (χ4n) is 1.99. The zero-order valence-electron chi connectivity index (χ0n) is 9.27. The molecule has 0 bridgehead atoms. The van der Waals surface area contributed by atoms with Crippen LogP contribution in [0.1, 0.15) is 11.1 Å². The van der Waals surface area contributed by atoms with Crippen molar-refractivity contribution in [3.05, 3.63) is 47.1 Å². The molecule has 2 nitrogen and oxygen atoms in total. The summed E-state index contributed by atoms with van der Waals surface area (Å²) in [6.45, 7) is 4.24. The number of thiazole rings is 1. The Morgan fingerprint density at radius 2 is 1.88 bits per heavy atom. The molecule has 80 valence electrons. The van der Waals surface area contributed by atoms with E-state index in [9.17, 15) is 0 Å². The summed E-state index contributed by atoms with van der Waals surface area (Å²) in [4.78, 5) is 5.66. The molecular formula is C13H12N2S. The van der Waals surface area contributed by atoms with Crippen LogP contribution in [-0.2, 0) is 0 Å². The van der Waals surface area contributed by atoms with E-state index < -0.39 is 0 Å². The van der Waals surface area contributed by atoms with Crippen LogP contribution >= 0.6 is 11.3 Å². The number of hydrogen-bond acceptors (Lipinski definition) is 2. The zero-order valence-corrected chi connectivity index (χ0v) is 10.1. The molecule has 0 aliphatic heterocycles. The Hall–Kier alpha value is -1.61. The number of nitrogens with zero attached hydrogens (tertiary/aromatic N) is 2. The highest BCUT2D eigenvalue weighted by atomic mass is 32.1. The van der Waals surface area contributed by atoms with Crippen LogP contribution in [0.3, 0.4) is 0 Å². The number of benzene rings is 1. The summed E-state index contributed by atoms with van der Waals surface area (Å²) < 4.78 is 2.07. The van der Waals surface area contributed by atoms with Gasteiger partial charge in [-0.25, -0.2) is 4.98 Å². The lowest BCUT2D eigenvalue weighted by Crippen LogP contribution is -1.82. The lowest BCUT2D eigenvalue weighted by atomic mass is 10.1. The van der Waals surface area contributed by atoms with Gasteiger partial charge in [-0.3, -0.25) is 4.40 Å². The standard InChI is InChI=1S/C13H12N2S/c1-9-5-10(2)7-11(6-9)12-8-15-3-4-16-13(15)14-12/h3-8H,1-2H3.